The Morgan fingerprint density at radius 3 is 2.55 bits per heavy atom. The van der Waals surface area contributed by atoms with E-state index in [-0.39, 0.29) is 17.0 Å². The number of thioether (sulfide) groups is 1. The summed E-state index contributed by atoms with van der Waals surface area (Å²) < 4.78 is 0. The van der Waals surface area contributed by atoms with E-state index in [4.69, 9.17) is 11.5 Å². The van der Waals surface area contributed by atoms with Crippen molar-refractivity contribution in [3.63, 3.8) is 0 Å². The third kappa shape index (κ3) is 2.38. The van der Waals surface area contributed by atoms with Crippen LogP contribution in [0.2, 0.25) is 0 Å². The van der Waals surface area contributed by atoms with Gasteiger partial charge in [0.25, 0.3) is 0 Å². The van der Waals surface area contributed by atoms with Crippen LogP contribution in [0.3, 0.4) is 0 Å². The first kappa shape index (κ1) is 14.0. The maximum atomic E-state index is 10.9. The number of hydrogen-bond donors (Lipinski definition) is 2. The van der Waals surface area contributed by atoms with Gasteiger partial charge in [0.1, 0.15) is 22.2 Å². The van der Waals surface area contributed by atoms with Gasteiger partial charge in [0.2, 0.25) is 5.91 Å². The summed E-state index contributed by atoms with van der Waals surface area (Å²) >= 11 is 1.06. The van der Waals surface area contributed by atoms with Crippen LogP contribution in [0.4, 0.5) is 5.69 Å². The fourth-order valence-corrected chi connectivity index (χ4v) is 2.72. The summed E-state index contributed by atoms with van der Waals surface area (Å²) in [7, 11) is 0. The Labute approximate surface area is 129 Å². The van der Waals surface area contributed by atoms with E-state index in [1.807, 2.05) is 30.3 Å². The summed E-state index contributed by atoms with van der Waals surface area (Å²) in [5.41, 5.74) is 13.6. The highest BCUT2D eigenvalue weighted by Crippen LogP contribution is 2.30. The maximum Gasteiger partial charge on any atom is 0.227 e. The number of anilines is 1. The quantitative estimate of drug-likeness (QED) is 0.549. The van der Waals surface area contributed by atoms with Gasteiger partial charge in [-0.15, -0.1) is 0 Å². The van der Waals surface area contributed by atoms with Gasteiger partial charge in [-0.05, 0) is 12.1 Å². The van der Waals surface area contributed by atoms with Gasteiger partial charge in [-0.25, -0.2) is 15.0 Å². The Bertz CT molecular complexity index is 949. The van der Waals surface area contributed by atoms with Crippen molar-refractivity contribution >= 4 is 45.6 Å². The molecule has 7 nitrogen and oxygen atoms in total. The lowest BCUT2D eigenvalue weighted by molar-refractivity contribution is -0.115. The van der Waals surface area contributed by atoms with Gasteiger partial charge in [-0.1, -0.05) is 23.9 Å². The number of rotatable bonds is 3. The number of benzene rings is 1. The molecule has 0 bridgehead atoms. The van der Waals surface area contributed by atoms with E-state index < -0.39 is 5.91 Å². The standard InChI is InChI=1S/C14H10N6OS/c15-5-7-11(17)12-13(20-14(7)22-6-10(16)21)19-9-4-2-1-3-8(9)18-12/h1-4H,6H2,(H2,16,21)(H2,17,19,20). The normalized spacial score (nSPS) is 10.7. The number of nitriles is 1. The molecule has 0 saturated heterocycles. The molecule has 0 aliphatic carbocycles. The predicted molar refractivity (Wildman–Crippen MR) is 83.9 cm³/mol. The largest absolute Gasteiger partial charge is 0.396 e. The summed E-state index contributed by atoms with van der Waals surface area (Å²) in [5.74, 6) is -0.493. The number of primary amides is 1. The van der Waals surface area contributed by atoms with Gasteiger partial charge in [0.05, 0.1) is 22.5 Å². The van der Waals surface area contributed by atoms with Crippen LogP contribution in [-0.2, 0) is 4.79 Å². The van der Waals surface area contributed by atoms with Crippen LogP contribution in [0.15, 0.2) is 29.3 Å². The van der Waals surface area contributed by atoms with Crippen molar-refractivity contribution in [1.29, 1.82) is 5.26 Å². The molecule has 0 fully saturated rings. The minimum absolute atomic E-state index is 0.00758. The molecule has 0 unspecified atom stereocenters. The summed E-state index contributed by atoms with van der Waals surface area (Å²) in [5, 5.41) is 9.62. The average Bonchev–Trinajstić information content (AvgIpc) is 2.51. The molecule has 1 amide bonds. The summed E-state index contributed by atoms with van der Waals surface area (Å²) in [6.45, 7) is 0. The van der Waals surface area contributed by atoms with Crippen molar-refractivity contribution < 1.29 is 4.79 Å². The van der Waals surface area contributed by atoms with E-state index in [9.17, 15) is 10.1 Å². The molecule has 2 heterocycles. The second kappa shape index (κ2) is 5.46. The van der Waals surface area contributed by atoms with Gasteiger partial charge in [-0.2, -0.15) is 5.26 Å². The van der Waals surface area contributed by atoms with Crippen LogP contribution in [0, 0.1) is 11.3 Å². The van der Waals surface area contributed by atoms with Gasteiger partial charge in [-0.3, -0.25) is 4.79 Å². The van der Waals surface area contributed by atoms with Gasteiger partial charge in [0, 0.05) is 0 Å². The van der Waals surface area contributed by atoms with Gasteiger partial charge in [0.15, 0.2) is 5.65 Å². The zero-order chi connectivity index (χ0) is 15.7. The van der Waals surface area contributed by atoms with Crippen molar-refractivity contribution in [1.82, 2.24) is 15.0 Å². The first-order valence-electron chi connectivity index (χ1n) is 6.27. The Kier molecular flexibility index (Phi) is 3.48. The minimum Gasteiger partial charge on any atom is -0.396 e. The van der Waals surface area contributed by atoms with Crippen LogP contribution in [0.25, 0.3) is 22.2 Å². The summed E-state index contributed by atoms with van der Waals surface area (Å²) in [6.07, 6.45) is 0. The minimum atomic E-state index is -0.501. The second-order valence-electron chi connectivity index (χ2n) is 4.46. The lowest BCUT2D eigenvalue weighted by Crippen LogP contribution is -2.13. The van der Waals surface area contributed by atoms with Crippen molar-refractivity contribution in [3.05, 3.63) is 29.8 Å². The Hall–Kier alpha value is -2.92. The first-order valence-corrected chi connectivity index (χ1v) is 7.26. The van der Waals surface area contributed by atoms with Crippen LogP contribution in [0.1, 0.15) is 5.56 Å². The second-order valence-corrected chi connectivity index (χ2v) is 5.42. The van der Waals surface area contributed by atoms with Crippen LogP contribution < -0.4 is 11.5 Å². The highest BCUT2D eigenvalue weighted by molar-refractivity contribution is 8.00. The fraction of sp³-hybridized carbons (Fsp3) is 0.0714. The van der Waals surface area contributed by atoms with E-state index in [1.54, 1.807) is 0 Å². The summed E-state index contributed by atoms with van der Waals surface area (Å²) in [6, 6.07) is 9.31. The molecule has 0 atom stereocenters. The average molecular weight is 310 g/mol. The molecule has 0 aliphatic rings. The topological polar surface area (TPSA) is 132 Å². The number of pyridine rings is 1. The monoisotopic (exact) mass is 310 g/mol. The van der Waals surface area contributed by atoms with E-state index in [1.165, 1.54) is 0 Å². The highest BCUT2D eigenvalue weighted by Gasteiger charge is 2.16. The maximum absolute atomic E-state index is 10.9. The molecule has 0 aliphatic heterocycles. The SMILES string of the molecule is N#Cc1c(SCC(N)=O)nc2nc3ccccc3nc2c1N. The molecule has 0 radical (unpaired) electrons. The lowest BCUT2D eigenvalue weighted by atomic mass is 10.2. The molecule has 8 heteroatoms. The number of para-hydroxylation sites is 2. The Balaban J connectivity index is 2.27. The highest BCUT2D eigenvalue weighted by atomic mass is 32.2. The molecule has 1 aromatic carbocycles. The molecule has 3 rings (SSSR count). The van der Waals surface area contributed by atoms with Crippen molar-refractivity contribution in [3.8, 4) is 6.07 Å². The zero-order valence-electron chi connectivity index (χ0n) is 11.3. The number of nitrogens with two attached hydrogens (primary N) is 2. The summed E-state index contributed by atoms with van der Waals surface area (Å²) in [4.78, 5) is 24.1. The molecule has 108 valence electrons. The third-order valence-corrected chi connectivity index (χ3v) is 3.96. The van der Waals surface area contributed by atoms with Crippen molar-refractivity contribution in [2.45, 2.75) is 5.03 Å². The van der Waals surface area contributed by atoms with Crippen LogP contribution >= 0.6 is 11.8 Å². The molecule has 22 heavy (non-hydrogen) atoms. The lowest BCUT2D eigenvalue weighted by Gasteiger charge is -2.08. The van der Waals surface area contributed by atoms with Gasteiger partial charge >= 0.3 is 0 Å². The fourth-order valence-electron chi connectivity index (χ4n) is 1.99. The molecule has 4 N–H and O–H groups in total. The van der Waals surface area contributed by atoms with Crippen LogP contribution in [0.5, 0.6) is 0 Å². The third-order valence-electron chi connectivity index (χ3n) is 2.96. The van der Waals surface area contributed by atoms with Crippen molar-refractivity contribution in [2.24, 2.45) is 5.73 Å². The van der Waals surface area contributed by atoms with Crippen LogP contribution in [-0.4, -0.2) is 26.6 Å². The number of hydrogen-bond acceptors (Lipinski definition) is 7. The number of nitrogens with zero attached hydrogens (tertiary/aromatic N) is 4. The number of carbonyl (C=O) groups excluding carboxylic acids is 1. The molecular weight excluding hydrogens is 300 g/mol. The molecular formula is C14H10N6OS. The molecule has 0 spiro atoms. The van der Waals surface area contributed by atoms with Gasteiger partial charge < -0.3 is 11.5 Å². The molecule has 0 saturated carbocycles. The number of aromatic nitrogens is 3. The van der Waals surface area contributed by atoms with Crippen molar-refractivity contribution in [2.75, 3.05) is 11.5 Å². The number of nitrogen functional groups attached to an aromatic ring is 1. The number of fused-ring (bicyclic) bond motifs is 2. The number of amides is 1. The molecule has 2 aromatic heterocycles. The van der Waals surface area contributed by atoms with E-state index in [0.29, 0.717) is 27.2 Å². The smallest absolute Gasteiger partial charge is 0.227 e. The zero-order valence-corrected chi connectivity index (χ0v) is 12.1. The van der Waals surface area contributed by atoms with E-state index in [2.05, 4.69) is 15.0 Å². The molecule has 3 aromatic rings. The van der Waals surface area contributed by atoms with E-state index >= 15 is 0 Å². The predicted octanol–water partition coefficient (Wildman–Crippen LogP) is 1.21. The Morgan fingerprint density at radius 1 is 1.23 bits per heavy atom. The Morgan fingerprint density at radius 2 is 1.91 bits per heavy atom. The van der Waals surface area contributed by atoms with E-state index in [0.717, 1.165) is 11.8 Å². The first-order chi connectivity index (χ1) is 10.6. The number of carbonyl (C=O) groups is 1.